The summed E-state index contributed by atoms with van der Waals surface area (Å²) < 4.78 is 6.80. The fraction of sp³-hybridized carbons (Fsp3) is 0.294. The molecule has 1 nitrogen and oxygen atoms in total. The van der Waals surface area contributed by atoms with Crippen LogP contribution in [-0.4, -0.2) is 12.5 Å². The molecule has 2 aromatic carbocycles. The van der Waals surface area contributed by atoms with Gasteiger partial charge in [0.2, 0.25) is 0 Å². The Morgan fingerprint density at radius 2 is 1.85 bits per heavy atom. The first-order valence-electron chi connectivity index (χ1n) is 6.76. The summed E-state index contributed by atoms with van der Waals surface area (Å²) in [5, 5.41) is 0. The molecule has 0 aliphatic carbocycles. The van der Waals surface area contributed by atoms with Crippen LogP contribution in [0.2, 0.25) is 0 Å². The number of rotatable bonds is 7. The minimum absolute atomic E-state index is 0.450. The van der Waals surface area contributed by atoms with E-state index in [-0.39, 0.29) is 0 Å². The molecule has 0 fully saturated rings. The van der Waals surface area contributed by atoms with E-state index in [0.717, 1.165) is 23.1 Å². The van der Waals surface area contributed by atoms with Crippen molar-refractivity contribution in [3.8, 4) is 5.75 Å². The van der Waals surface area contributed by atoms with E-state index in [1.54, 1.807) is 0 Å². The van der Waals surface area contributed by atoms with Gasteiger partial charge in [-0.3, -0.25) is 0 Å². The monoisotopic (exact) mass is 352 g/mol. The zero-order valence-electron chi connectivity index (χ0n) is 11.3. The van der Waals surface area contributed by atoms with Crippen molar-refractivity contribution in [2.45, 2.75) is 12.8 Å². The van der Waals surface area contributed by atoms with Crippen LogP contribution in [0.4, 0.5) is 0 Å². The molecule has 0 saturated heterocycles. The maximum absolute atomic E-state index is 6.06. The lowest BCUT2D eigenvalue weighted by molar-refractivity contribution is 0.284. The highest BCUT2D eigenvalue weighted by molar-refractivity contribution is 9.10. The van der Waals surface area contributed by atoms with Crippen LogP contribution in [0.1, 0.15) is 12.0 Å². The molecule has 0 saturated carbocycles. The van der Waals surface area contributed by atoms with Crippen LogP contribution in [0.15, 0.2) is 59.1 Å². The lowest BCUT2D eigenvalue weighted by atomic mass is 9.98. The molecule has 0 aliphatic heterocycles. The third kappa shape index (κ3) is 5.18. The number of hydrogen-bond donors (Lipinski definition) is 0. The normalized spacial score (nSPS) is 12.1. The van der Waals surface area contributed by atoms with Gasteiger partial charge in [0.05, 0.1) is 6.61 Å². The molecule has 0 amide bonds. The molecule has 0 radical (unpaired) electrons. The van der Waals surface area contributed by atoms with E-state index in [2.05, 4.69) is 40.2 Å². The van der Waals surface area contributed by atoms with Gasteiger partial charge in [0.1, 0.15) is 5.75 Å². The van der Waals surface area contributed by atoms with Crippen molar-refractivity contribution in [3.63, 3.8) is 0 Å². The standard InChI is InChI=1S/C17H18BrClO/c18-16-7-4-8-17(12-16)20-10-9-15(13-19)11-14-5-2-1-3-6-14/h1-8,12,15H,9-11,13H2. The molecular formula is C17H18BrClO. The van der Waals surface area contributed by atoms with Crippen molar-refractivity contribution in [2.75, 3.05) is 12.5 Å². The van der Waals surface area contributed by atoms with Crippen LogP contribution in [0.3, 0.4) is 0 Å². The van der Waals surface area contributed by atoms with Crippen LogP contribution < -0.4 is 4.74 Å². The number of alkyl halides is 1. The highest BCUT2D eigenvalue weighted by atomic mass is 79.9. The second kappa shape index (κ2) is 8.33. The molecule has 1 unspecified atom stereocenters. The average molecular weight is 354 g/mol. The molecule has 2 aromatic rings. The predicted molar refractivity (Wildman–Crippen MR) is 88.6 cm³/mol. The Kier molecular flexibility index (Phi) is 6.41. The summed E-state index contributed by atoms with van der Waals surface area (Å²) in [5.41, 5.74) is 1.33. The van der Waals surface area contributed by atoms with Crippen molar-refractivity contribution in [1.82, 2.24) is 0 Å². The van der Waals surface area contributed by atoms with Crippen LogP contribution in [0.5, 0.6) is 5.75 Å². The Morgan fingerprint density at radius 1 is 1.05 bits per heavy atom. The van der Waals surface area contributed by atoms with E-state index < -0.39 is 0 Å². The van der Waals surface area contributed by atoms with Crippen LogP contribution >= 0.6 is 27.5 Å². The maximum atomic E-state index is 6.06. The Morgan fingerprint density at radius 3 is 2.55 bits per heavy atom. The zero-order chi connectivity index (χ0) is 14.2. The predicted octanol–water partition coefficient (Wildman–Crippen LogP) is 5.32. The van der Waals surface area contributed by atoms with Crippen LogP contribution in [-0.2, 0) is 6.42 Å². The summed E-state index contributed by atoms with van der Waals surface area (Å²) >= 11 is 9.50. The van der Waals surface area contributed by atoms with Gasteiger partial charge < -0.3 is 4.74 Å². The lowest BCUT2D eigenvalue weighted by Gasteiger charge is -2.14. The molecule has 2 rings (SSSR count). The van der Waals surface area contributed by atoms with Gasteiger partial charge in [0.25, 0.3) is 0 Å². The first-order chi connectivity index (χ1) is 9.78. The molecule has 0 aliphatic rings. The largest absolute Gasteiger partial charge is 0.494 e. The van der Waals surface area contributed by atoms with E-state index in [4.69, 9.17) is 16.3 Å². The average Bonchev–Trinajstić information content (AvgIpc) is 2.47. The van der Waals surface area contributed by atoms with E-state index in [1.807, 2.05) is 30.3 Å². The molecule has 0 N–H and O–H groups in total. The fourth-order valence-corrected chi connectivity index (χ4v) is 2.72. The minimum Gasteiger partial charge on any atom is -0.494 e. The SMILES string of the molecule is ClCC(CCOc1cccc(Br)c1)Cc1ccccc1. The third-order valence-electron chi connectivity index (χ3n) is 3.18. The van der Waals surface area contributed by atoms with Gasteiger partial charge >= 0.3 is 0 Å². The smallest absolute Gasteiger partial charge is 0.120 e. The van der Waals surface area contributed by atoms with Crippen molar-refractivity contribution in [2.24, 2.45) is 5.92 Å². The molecule has 0 spiro atoms. The van der Waals surface area contributed by atoms with Crippen molar-refractivity contribution < 1.29 is 4.74 Å². The maximum Gasteiger partial charge on any atom is 0.120 e. The summed E-state index contributed by atoms with van der Waals surface area (Å²) in [6.07, 6.45) is 1.97. The van der Waals surface area contributed by atoms with Gasteiger partial charge in [-0.15, -0.1) is 11.6 Å². The first-order valence-corrected chi connectivity index (χ1v) is 8.09. The van der Waals surface area contributed by atoms with E-state index in [1.165, 1.54) is 5.56 Å². The van der Waals surface area contributed by atoms with E-state index >= 15 is 0 Å². The molecule has 106 valence electrons. The number of ether oxygens (including phenoxy) is 1. The summed E-state index contributed by atoms with van der Waals surface area (Å²) in [7, 11) is 0. The minimum atomic E-state index is 0.450. The fourth-order valence-electron chi connectivity index (χ4n) is 2.08. The van der Waals surface area contributed by atoms with Gasteiger partial charge in [-0.25, -0.2) is 0 Å². The van der Waals surface area contributed by atoms with E-state index in [9.17, 15) is 0 Å². The van der Waals surface area contributed by atoms with Gasteiger partial charge in [-0.05, 0) is 42.5 Å². The Labute approximate surface area is 134 Å². The number of hydrogen-bond acceptors (Lipinski definition) is 1. The van der Waals surface area contributed by atoms with Crippen LogP contribution in [0.25, 0.3) is 0 Å². The first kappa shape index (κ1) is 15.4. The highest BCUT2D eigenvalue weighted by Crippen LogP contribution is 2.19. The van der Waals surface area contributed by atoms with Gasteiger partial charge in [0.15, 0.2) is 0 Å². The molecular weight excluding hydrogens is 336 g/mol. The quantitative estimate of drug-likeness (QED) is 0.612. The third-order valence-corrected chi connectivity index (χ3v) is 4.11. The molecule has 1 atom stereocenters. The number of benzene rings is 2. The molecule has 0 heterocycles. The summed E-state index contributed by atoms with van der Waals surface area (Å²) in [6, 6.07) is 18.4. The summed E-state index contributed by atoms with van der Waals surface area (Å²) in [6.45, 7) is 0.695. The van der Waals surface area contributed by atoms with Gasteiger partial charge in [-0.2, -0.15) is 0 Å². The van der Waals surface area contributed by atoms with Crippen molar-refractivity contribution in [3.05, 3.63) is 64.6 Å². The van der Waals surface area contributed by atoms with Crippen molar-refractivity contribution in [1.29, 1.82) is 0 Å². The Hall–Kier alpha value is -0.990. The second-order valence-electron chi connectivity index (χ2n) is 4.80. The molecule has 3 heteroatoms. The summed E-state index contributed by atoms with van der Waals surface area (Å²) in [5.74, 6) is 2.01. The molecule has 0 bridgehead atoms. The number of halogens is 2. The van der Waals surface area contributed by atoms with Gasteiger partial charge in [-0.1, -0.05) is 52.3 Å². The van der Waals surface area contributed by atoms with Crippen LogP contribution in [0, 0.1) is 5.92 Å². The van der Waals surface area contributed by atoms with Crippen molar-refractivity contribution >= 4 is 27.5 Å². The van der Waals surface area contributed by atoms with Gasteiger partial charge in [0, 0.05) is 10.4 Å². The Balaban J connectivity index is 1.79. The Bertz CT molecular complexity index is 515. The summed E-state index contributed by atoms with van der Waals surface area (Å²) in [4.78, 5) is 0. The molecule has 0 aromatic heterocycles. The topological polar surface area (TPSA) is 9.23 Å². The van der Waals surface area contributed by atoms with E-state index in [0.29, 0.717) is 18.4 Å². The zero-order valence-corrected chi connectivity index (χ0v) is 13.6. The lowest BCUT2D eigenvalue weighted by Crippen LogP contribution is -2.11. The second-order valence-corrected chi connectivity index (χ2v) is 6.03. The molecule has 20 heavy (non-hydrogen) atoms. The highest BCUT2D eigenvalue weighted by Gasteiger charge is 2.09.